The summed E-state index contributed by atoms with van der Waals surface area (Å²) in [5, 5.41) is 0. The van der Waals surface area contributed by atoms with Gasteiger partial charge in [-0.2, -0.15) is 0 Å². The van der Waals surface area contributed by atoms with Gasteiger partial charge in [-0.05, 0) is 53.6 Å². The van der Waals surface area contributed by atoms with Crippen LogP contribution in [-0.4, -0.2) is 39.3 Å². The molecule has 3 aromatic carbocycles. The zero-order chi connectivity index (χ0) is 26.9. The van der Waals surface area contributed by atoms with Crippen LogP contribution in [0.5, 0.6) is 0 Å². The molecule has 4 N–H and O–H groups in total. The number of anilines is 2. The Morgan fingerprint density at radius 3 is 1.32 bits per heavy atom. The third kappa shape index (κ3) is 5.82. The van der Waals surface area contributed by atoms with E-state index in [1.54, 1.807) is 24.3 Å². The molecule has 0 amide bonds. The van der Waals surface area contributed by atoms with Gasteiger partial charge in [-0.3, -0.25) is 9.44 Å². The van der Waals surface area contributed by atoms with Crippen LogP contribution in [-0.2, 0) is 20.0 Å². The molecule has 2 aromatic heterocycles. The van der Waals surface area contributed by atoms with Crippen molar-refractivity contribution in [3.05, 3.63) is 97.1 Å². The Morgan fingerprint density at radius 2 is 0.895 bits per heavy atom. The van der Waals surface area contributed by atoms with Crippen molar-refractivity contribution in [2.75, 3.05) is 22.0 Å². The molecule has 5 rings (SSSR count). The molecule has 0 atom stereocenters. The molecule has 0 aliphatic carbocycles. The highest BCUT2D eigenvalue weighted by Crippen LogP contribution is 2.33. The van der Waals surface area contributed by atoms with Crippen LogP contribution >= 0.6 is 0 Å². The summed E-state index contributed by atoms with van der Waals surface area (Å²) in [4.78, 5) is 6.80. The highest BCUT2D eigenvalue weighted by Gasteiger charge is 2.13. The van der Waals surface area contributed by atoms with Crippen LogP contribution in [0.1, 0.15) is 0 Å². The second kappa shape index (κ2) is 9.88. The number of hydrogen-bond acceptors (Lipinski definition) is 4. The van der Waals surface area contributed by atoms with Crippen molar-refractivity contribution >= 4 is 31.4 Å². The lowest BCUT2D eigenvalue weighted by molar-refractivity contribution is 0.605. The number of H-pyrrole nitrogens is 2. The third-order valence-electron chi connectivity index (χ3n) is 5.88. The maximum atomic E-state index is 11.8. The Hall–Kier alpha value is -4.28. The van der Waals surface area contributed by atoms with Crippen LogP contribution < -0.4 is 9.44 Å². The van der Waals surface area contributed by atoms with Gasteiger partial charge >= 0.3 is 0 Å². The average molecular weight is 547 g/mol. The first kappa shape index (κ1) is 25.4. The van der Waals surface area contributed by atoms with E-state index in [1.165, 1.54) is 0 Å². The van der Waals surface area contributed by atoms with Crippen LogP contribution in [0.4, 0.5) is 11.4 Å². The topological polar surface area (TPSA) is 124 Å². The van der Waals surface area contributed by atoms with Gasteiger partial charge in [0.1, 0.15) is 0 Å². The molecular weight excluding hydrogens is 520 g/mol. The Labute approximate surface area is 221 Å². The minimum Gasteiger partial charge on any atom is -0.354 e. The number of rotatable bonds is 8. The second-order valence-electron chi connectivity index (χ2n) is 8.99. The van der Waals surface area contributed by atoms with E-state index in [1.807, 2.05) is 72.8 Å². The largest absolute Gasteiger partial charge is 0.354 e. The van der Waals surface area contributed by atoms with Crippen LogP contribution in [0.25, 0.3) is 45.0 Å². The van der Waals surface area contributed by atoms with E-state index >= 15 is 0 Å². The Morgan fingerprint density at radius 1 is 0.500 bits per heavy atom. The van der Waals surface area contributed by atoms with Crippen LogP contribution in [0, 0.1) is 0 Å². The average Bonchev–Trinajstić information content (AvgIpc) is 3.54. The SMILES string of the molecule is CS(=O)(=O)Nc1ccccc1-c1ccc(-c2cccc(-c3ccc(-c4ccccc4NS(C)(=O)=O)[nH]3)c2)[nH]1. The zero-order valence-corrected chi connectivity index (χ0v) is 22.3. The van der Waals surface area contributed by atoms with Gasteiger partial charge in [-0.1, -0.05) is 54.6 Å². The molecule has 5 aromatic rings. The van der Waals surface area contributed by atoms with Gasteiger partial charge in [0.2, 0.25) is 20.0 Å². The molecule has 0 aliphatic heterocycles. The van der Waals surface area contributed by atoms with Crippen molar-refractivity contribution in [2.45, 2.75) is 0 Å². The van der Waals surface area contributed by atoms with Crippen LogP contribution in [0.15, 0.2) is 97.1 Å². The molecule has 0 bridgehead atoms. The van der Waals surface area contributed by atoms with Crippen molar-refractivity contribution in [1.29, 1.82) is 0 Å². The van der Waals surface area contributed by atoms with E-state index < -0.39 is 20.0 Å². The Balaban J connectivity index is 1.45. The highest BCUT2D eigenvalue weighted by molar-refractivity contribution is 7.92. The molecule has 10 heteroatoms. The lowest BCUT2D eigenvalue weighted by Crippen LogP contribution is -2.10. The summed E-state index contributed by atoms with van der Waals surface area (Å²) in [5.41, 5.74) is 7.74. The predicted molar refractivity (Wildman–Crippen MR) is 154 cm³/mol. The number of benzene rings is 3. The number of sulfonamides is 2. The van der Waals surface area contributed by atoms with E-state index in [0.717, 1.165) is 57.5 Å². The lowest BCUT2D eigenvalue weighted by atomic mass is 10.1. The molecule has 2 heterocycles. The summed E-state index contributed by atoms with van der Waals surface area (Å²) in [5.74, 6) is 0. The van der Waals surface area contributed by atoms with Crippen LogP contribution in [0.3, 0.4) is 0 Å². The number of aromatic nitrogens is 2. The standard InChI is InChI=1S/C28H26N4O4S2/c1-37(33,34)31-27-12-5-3-10-21(27)25-16-14-23(29-25)19-8-7-9-20(18-19)24-15-17-26(30-24)22-11-4-6-13-28(22)32-38(2,35)36/h3-18,29-32H,1-2H3. The van der Waals surface area contributed by atoms with Crippen molar-refractivity contribution in [3.63, 3.8) is 0 Å². The van der Waals surface area contributed by atoms with Gasteiger partial charge in [0, 0.05) is 33.9 Å². The number of para-hydroxylation sites is 2. The molecule has 0 aliphatic rings. The Kier molecular flexibility index (Phi) is 6.60. The number of hydrogen-bond donors (Lipinski definition) is 4. The molecule has 0 fully saturated rings. The first-order chi connectivity index (χ1) is 18.1. The molecule has 0 saturated heterocycles. The van der Waals surface area contributed by atoms with E-state index in [0.29, 0.717) is 11.4 Å². The maximum absolute atomic E-state index is 11.8. The number of aromatic amines is 2. The van der Waals surface area contributed by atoms with Crippen molar-refractivity contribution < 1.29 is 16.8 Å². The molecule has 0 unspecified atom stereocenters. The normalized spacial score (nSPS) is 11.8. The molecule has 0 saturated carbocycles. The van der Waals surface area contributed by atoms with Gasteiger partial charge < -0.3 is 9.97 Å². The summed E-state index contributed by atoms with van der Waals surface area (Å²) in [6.07, 6.45) is 2.25. The minimum absolute atomic E-state index is 0.502. The van der Waals surface area contributed by atoms with Crippen LogP contribution in [0.2, 0.25) is 0 Å². The van der Waals surface area contributed by atoms with Gasteiger partial charge in [-0.25, -0.2) is 16.8 Å². The maximum Gasteiger partial charge on any atom is 0.229 e. The number of nitrogens with one attached hydrogen (secondary N) is 4. The monoisotopic (exact) mass is 546 g/mol. The molecule has 194 valence electrons. The fourth-order valence-corrected chi connectivity index (χ4v) is 5.46. The fraction of sp³-hybridized carbons (Fsp3) is 0.0714. The second-order valence-corrected chi connectivity index (χ2v) is 12.5. The first-order valence-corrected chi connectivity index (χ1v) is 15.5. The summed E-state index contributed by atoms with van der Waals surface area (Å²) >= 11 is 0. The van der Waals surface area contributed by atoms with Crippen molar-refractivity contribution in [1.82, 2.24) is 9.97 Å². The fourth-order valence-electron chi connectivity index (χ4n) is 4.31. The van der Waals surface area contributed by atoms with Gasteiger partial charge in [0.25, 0.3) is 0 Å². The van der Waals surface area contributed by atoms with E-state index in [9.17, 15) is 16.8 Å². The van der Waals surface area contributed by atoms with Crippen molar-refractivity contribution in [3.8, 4) is 45.0 Å². The minimum atomic E-state index is -3.42. The lowest BCUT2D eigenvalue weighted by Gasteiger charge is -2.10. The summed E-state index contributed by atoms with van der Waals surface area (Å²) in [6, 6.07) is 30.2. The van der Waals surface area contributed by atoms with Gasteiger partial charge in [-0.15, -0.1) is 0 Å². The molecular formula is C28H26N4O4S2. The predicted octanol–water partition coefficient (Wildman–Crippen LogP) is 5.75. The smallest absolute Gasteiger partial charge is 0.229 e. The molecule has 38 heavy (non-hydrogen) atoms. The van der Waals surface area contributed by atoms with E-state index in [-0.39, 0.29) is 0 Å². The summed E-state index contributed by atoms with van der Waals surface area (Å²) in [6.45, 7) is 0. The van der Waals surface area contributed by atoms with Gasteiger partial charge in [0.15, 0.2) is 0 Å². The summed E-state index contributed by atoms with van der Waals surface area (Å²) in [7, 11) is -6.84. The molecule has 8 nitrogen and oxygen atoms in total. The van der Waals surface area contributed by atoms with Gasteiger partial charge in [0.05, 0.1) is 23.9 Å². The van der Waals surface area contributed by atoms with E-state index in [2.05, 4.69) is 19.4 Å². The zero-order valence-electron chi connectivity index (χ0n) is 20.7. The summed E-state index contributed by atoms with van der Waals surface area (Å²) < 4.78 is 52.3. The molecule has 0 radical (unpaired) electrons. The quantitative estimate of drug-likeness (QED) is 0.198. The van der Waals surface area contributed by atoms with Crippen molar-refractivity contribution in [2.24, 2.45) is 0 Å². The highest BCUT2D eigenvalue weighted by atomic mass is 32.2. The first-order valence-electron chi connectivity index (χ1n) is 11.7. The van der Waals surface area contributed by atoms with E-state index in [4.69, 9.17) is 0 Å². The molecule has 0 spiro atoms. The third-order valence-corrected chi connectivity index (χ3v) is 7.06. The Bertz CT molecular complexity index is 1710.